The molecule has 0 unspecified atom stereocenters. The van der Waals surface area contributed by atoms with Crippen molar-refractivity contribution < 1.29 is 0 Å². The first-order valence-corrected chi connectivity index (χ1v) is 7.51. The van der Waals surface area contributed by atoms with Crippen LogP contribution in [-0.2, 0) is 0 Å². The molecule has 0 aliphatic carbocycles. The smallest absolute Gasteiger partial charge is 0.230 e. The zero-order valence-corrected chi connectivity index (χ0v) is 17.5. The van der Waals surface area contributed by atoms with Crippen LogP contribution in [-0.4, -0.2) is 30.1 Å². The predicted molar refractivity (Wildman–Crippen MR) is 126 cm³/mol. The van der Waals surface area contributed by atoms with E-state index >= 15 is 0 Å². The quantitative estimate of drug-likeness (QED) is 0.199. The topological polar surface area (TPSA) is 172 Å². The Hall–Kier alpha value is -3.14. The molecule has 0 bridgehead atoms. The summed E-state index contributed by atoms with van der Waals surface area (Å²) >= 11 is 0. The fourth-order valence-electron chi connectivity index (χ4n) is 1.94. The lowest BCUT2D eigenvalue weighted by Gasteiger charge is -2.02. The monoisotopic (exact) mass is 457 g/mol. The van der Waals surface area contributed by atoms with Crippen LogP contribution in [0.3, 0.4) is 0 Å². The van der Waals surface area contributed by atoms with E-state index in [1.807, 2.05) is 0 Å². The van der Waals surface area contributed by atoms with Crippen molar-refractivity contribution in [3.63, 3.8) is 0 Å². The molecule has 0 saturated heterocycles. The van der Waals surface area contributed by atoms with Gasteiger partial charge in [-0.25, -0.2) is 10.9 Å². The van der Waals surface area contributed by atoms with Gasteiger partial charge in [-0.15, -0.1) is 37.2 Å². The molecule has 0 aromatic heterocycles. The average molecular weight is 459 g/mol. The number of halogens is 3. The summed E-state index contributed by atoms with van der Waals surface area (Å²) in [6.45, 7) is 0. The highest BCUT2D eigenvalue weighted by molar-refractivity contribution is 5.97. The van der Waals surface area contributed by atoms with Crippen molar-refractivity contribution >= 4 is 67.3 Å². The summed E-state index contributed by atoms with van der Waals surface area (Å²) in [6, 6.07) is 14.0. The average Bonchev–Trinajstić information content (AvgIpc) is 2.62. The molecule has 0 aliphatic heterocycles. The third kappa shape index (κ3) is 9.56. The highest BCUT2D eigenvalue weighted by atomic mass is 35.5. The number of nitrogens with zero attached hydrogens (tertiary/aromatic N) is 2. The molecule has 0 saturated carbocycles. The van der Waals surface area contributed by atoms with Gasteiger partial charge in [-0.1, -0.05) is 36.4 Å². The Balaban J connectivity index is 0. The van der Waals surface area contributed by atoms with Gasteiger partial charge in [0.2, 0.25) is 5.96 Å². The van der Waals surface area contributed by atoms with Gasteiger partial charge in [0.1, 0.15) is 11.7 Å². The van der Waals surface area contributed by atoms with Gasteiger partial charge in [0, 0.05) is 11.1 Å². The highest BCUT2D eigenvalue weighted by Crippen LogP contribution is 2.02. The van der Waals surface area contributed by atoms with Crippen LogP contribution >= 0.6 is 37.2 Å². The van der Waals surface area contributed by atoms with Gasteiger partial charge < -0.3 is 11.5 Å². The van der Waals surface area contributed by atoms with E-state index in [4.69, 9.17) is 27.7 Å². The molecule has 0 radical (unpaired) electrons. The number of nitrogen functional groups attached to an aromatic ring is 2. The molecule has 29 heavy (non-hydrogen) atoms. The summed E-state index contributed by atoms with van der Waals surface area (Å²) in [4.78, 5) is 0. The van der Waals surface area contributed by atoms with Crippen LogP contribution in [0.5, 0.6) is 0 Å². The maximum Gasteiger partial charge on any atom is 0.230 e. The number of benzene rings is 2. The zero-order chi connectivity index (χ0) is 18.9. The second-order valence-corrected chi connectivity index (χ2v) is 5.19. The van der Waals surface area contributed by atoms with Crippen LogP contribution in [0, 0.1) is 16.2 Å². The molecule has 0 heterocycles. The second kappa shape index (κ2) is 13.9. The van der Waals surface area contributed by atoms with Gasteiger partial charge in [0.05, 0.1) is 12.4 Å². The van der Waals surface area contributed by atoms with Crippen molar-refractivity contribution in [1.82, 2.24) is 10.9 Å². The van der Waals surface area contributed by atoms with Crippen LogP contribution in [0.15, 0.2) is 58.7 Å². The highest BCUT2D eigenvalue weighted by Gasteiger charge is 1.98. The van der Waals surface area contributed by atoms with E-state index in [-0.39, 0.29) is 54.9 Å². The van der Waals surface area contributed by atoms with E-state index in [1.165, 1.54) is 12.4 Å². The maximum absolute atomic E-state index is 7.68. The van der Waals surface area contributed by atoms with Crippen LogP contribution in [0.25, 0.3) is 0 Å². The third-order valence-corrected chi connectivity index (χ3v) is 3.18. The predicted octanol–water partition coefficient (Wildman–Crippen LogP) is 2.00. The van der Waals surface area contributed by atoms with E-state index in [9.17, 15) is 0 Å². The summed E-state index contributed by atoms with van der Waals surface area (Å²) in [5, 5.41) is 30.3. The summed E-state index contributed by atoms with van der Waals surface area (Å²) < 4.78 is 0. The summed E-state index contributed by atoms with van der Waals surface area (Å²) in [7, 11) is 0. The van der Waals surface area contributed by atoms with Crippen LogP contribution in [0.1, 0.15) is 22.3 Å². The van der Waals surface area contributed by atoms with E-state index in [0.717, 1.165) is 11.1 Å². The molecule has 12 heteroatoms. The normalized spacial score (nSPS) is 9.66. The largest absolute Gasteiger partial charge is 0.384 e. The Bertz CT molecular complexity index is 826. The minimum absolute atomic E-state index is 0. The van der Waals surface area contributed by atoms with Crippen LogP contribution in [0.2, 0.25) is 0 Å². The first-order chi connectivity index (χ1) is 12.5. The third-order valence-electron chi connectivity index (χ3n) is 3.18. The fraction of sp³-hybridized carbons (Fsp3) is 0. The molecule has 9 nitrogen and oxygen atoms in total. The van der Waals surface area contributed by atoms with Crippen LogP contribution in [0.4, 0.5) is 0 Å². The Morgan fingerprint density at radius 2 is 1.10 bits per heavy atom. The maximum atomic E-state index is 7.68. The Kier molecular flexibility index (Phi) is 13.5. The second-order valence-electron chi connectivity index (χ2n) is 5.19. The molecule has 156 valence electrons. The lowest BCUT2D eigenvalue weighted by molar-refractivity contribution is 0.893. The van der Waals surface area contributed by atoms with Crippen molar-refractivity contribution in [1.29, 1.82) is 16.2 Å². The SMILES string of the molecule is Cl.Cl.Cl.N=C(NN=Cc1cccc(C(=N)N)c1)NN=Cc1cccc(C(=N)N)c1. The number of amidine groups is 2. The fourth-order valence-corrected chi connectivity index (χ4v) is 1.94. The summed E-state index contributed by atoms with van der Waals surface area (Å²) in [6.07, 6.45) is 3.01. The summed E-state index contributed by atoms with van der Waals surface area (Å²) in [5.41, 5.74) is 18.5. The number of guanidine groups is 1. The number of rotatable bonds is 6. The Labute approximate surface area is 186 Å². The molecule has 9 N–H and O–H groups in total. The Morgan fingerprint density at radius 3 is 1.45 bits per heavy atom. The van der Waals surface area contributed by atoms with Gasteiger partial charge in [0.15, 0.2) is 0 Å². The molecule has 0 amide bonds. The van der Waals surface area contributed by atoms with E-state index in [2.05, 4.69) is 21.1 Å². The zero-order valence-electron chi connectivity index (χ0n) is 15.0. The minimum Gasteiger partial charge on any atom is -0.384 e. The number of nitrogens with one attached hydrogen (secondary N) is 5. The molecule has 0 fully saturated rings. The van der Waals surface area contributed by atoms with Crippen molar-refractivity contribution in [2.45, 2.75) is 0 Å². The molecule has 0 spiro atoms. The molecule has 0 aliphatic rings. The van der Waals surface area contributed by atoms with Crippen molar-refractivity contribution in [3.05, 3.63) is 70.8 Å². The Morgan fingerprint density at radius 1 is 0.724 bits per heavy atom. The molecule has 2 rings (SSSR count). The lowest BCUT2D eigenvalue weighted by Crippen LogP contribution is -2.29. The molecule has 2 aromatic rings. The number of nitrogens with two attached hydrogens (primary N) is 2. The molecule has 0 atom stereocenters. The van der Waals surface area contributed by atoms with Gasteiger partial charge in [-0.3, -0.25) is 16.2 Å². The van der Waals surface area contributed by atoms with E-state index < -0.39 is 0 Å². The standard InChI is InChI=1S/C17H19N9.3ClH/c18-15(19)13-5-1-3-11(7-13)9-23-25-17(22)26-24-10-12-4-2-6-14(8-12)16(20)21;;;/h1-10H,(H3,18,19)(H3,20,21)(H3,22,25,26);3*1H. The number of hydrazone groups is 2. The summed E-state index contributed by atoms with van der Waals surface area (Å²) in [5.74, 6) is -0.167. The molecular formula is C17H22Cl3N9. The lowest BCUT2D eigenvalue weighted by atomic mass is 10.1. The van der Waals surface area contributed by atoms with E-state index in [0.29, 0.717) is 11.1 Å². The number of hydrogen-bond donors (Lipinski definition) is 7. The first-order valence-electron chi connectivity index (χ1n) is 7.51. The molecular weight excluding hydrogens is 437 g/mol. The van der Waals surface area contributed by atoms with Gasteiger partial charge in [-0.05, 0) is 23.3 Å². The van der Waals surface area contributed by atoms with E-state index in [1.54, 1.807) is 48.5 Å². The first kappa shape index (κ1) is 28.1. The van der Waals surface area contributed by atoms with Crippen molar-refractivity contribution in [2.24, 2.45) is 21.7 Å². The number of hydrogen-bond acceptors (Lipinski definition) is 5. The van der Waals surface area contributed by atoms with Gasteiger partial charge in [0.25, 0.3) is 0 Å². The molecule has 2 aromatic carbocycles. The van der Waals surface area contributed by atoms with Crippen LogP contribution < -0.4 is 22.3 Å². The minimum atomic E-state index is -0.122. The van der Waals surface area contributed by atoms with Crippen molar-refractivity contribution in [3.8, 4) is 0 Å². The van der Waals surface area contributed by atoms with Gasteiger partial charge >= 0.3 is 0 Å². The van der Waals surface area contributed by atoms with Gasteiger partial charge in [-0.2, -0.15) is 10.2 Å². The van der Waals surface area contributed by atoms with Crippen molar-refractivity contribution in [2.75, 3.05) is 0 Å².